The lowest BCUT2D eigenvalue weighted by atomic mass is 9.90. The van der Waals surface area contributed by atoms with E-state index in [0.29, 0.717) is 12.8 Å². The van der Waals surface area contributed by atoms with Gasteiger partial charge in [-0.05, 0) is 18.9 Å². The fraction of sp³-hybridized carbons (Fsp3) is 0.400. The van der Waals surface area contributed by atoms with Crippen molar-refractivity contribution in [3.8, 4) is 11.9 Å². The summed E-state index contributed by atoms with van der Waals surface area (Å²) in [5, 5.41) is 19.6. The smallest absolute Gasteiger partial charge is 0.348 e. The molecule has 0 saturated heterocycles. The van der Waals surface area contributed by atoms with Gasteiger partial charge in [-0.2, -0.15) is 5.26 Å². The number of ether oxygens (including phenoxy) is 1. The van der Waals surface area contributed by atoms with Crippen molar-refractivity contribution in [1.82, 2.24) is 4.98 Å². The lowest BCUT2D eigenvalue weighted by Gasteiger charge is -2.31. The number of pyridine rings is 1. The summed E-state index contributed by atoms with van der Waals surface area (Å²) in [6.45, 7) is 0. The van der Waals surface area contributed by atoms with E-state index in [1.807, 2.05) is 0 Å². The van der Waals surface area contributed by atoms with E-state index in [-0.39, 0.29) is 29.3 Å². The molecule has 1 saturated carbocycles. The molecule has 0 atom stereocenters. The maximum atomic E-state index is 10.9. The van der Waals surface area contributed by atoms with Crippen LogP contribution in [0.3, 0.4) is 0 Å². The van der Waals surface area contributed by atoms with E-state index in [1.165, 1.54) is 12.3 Å². The highest BCUT2D eigenvalue weighted by Gasteiger charge is 2.31. The van der Waals surface area contributed by atoms with Crippen LogP contribution in [0.15, 0.2) is 12.3 Å². The van der Waals surface area contributed by atoms with Gasteiger partial charge in [0, 0.05) is 12.2 Å². The number of hydrogen-bond acceptors (Lipinski definition) is 6. The Labute approximate surface area is 97.0 Å². The van der Waals surface area contributed by atoms with Gasteiger partial charge in [-0.3, -0.25) is 10.1 Å². The van der Waals surface area contributed by atoms with Gasteiger partial charge in [0.05, 0.1) is 4.92 Å². The number of nitrogens with zero attached hydrogens (tertiary/aromatic N) is 3. The molecule has 0 aromatic carbocycles. The lowest BCUT2D eigenvalue weighted by Crippen LogP contribution is -2.43. The molecule has 0 aliphatic heterocycles. The molecule has 0 bridgehead atoms. The van der Waals surface area contributed by atoms with Crippen molar-refractivity contribution >= 4 is 5.69 Å². The first-order chi connectivity index (χ1) is 8.11. The number of nitro groups is 1. The zero-order valence-electron chi connectivity index (χ0n) is 8.87. The van der Waals surface area contributed by atoms with Crippen LogP contribution < -0.4 is 10.5 Å². The summed E-state index contributed by atoms with van der Waals surface area (Å²) in [5.74, 6) is -0.106. The lowest BCUT2D eigenvalue weighted by molar-refractivity contribution is -0.386. The molecule has 1 heterocycles. The van der Waals surface area contributed by atoms with Crippen LogP contribution in [0.1, 0.15) is 18.4 Å². The van der Waals surface area contributed by atoms with E-state index >= 15 is 0 Å². The van der Waals surface area contributed by atoms with Gasteiger partial charge in [-0.15, -0.1) is 0 Å². The van der Waals surface area contributed by atoms with E-state index in [1.54, 1.807) is 6.07 Å². The first-order valence-electron chi connectivity index (χ1n) is 5.07. The number of hydrogen-bond donors (Lipinski definition) is 1. The number of aromatic nitrogens is 1. The van der Waals surface area contributed by atoms with Gasteiger partial charge in [-0.25, -0.2) is 4.98 Å². The quantitative estimate of drug-likeness (QED) is 0.608. The average Bonchev–Trinajstić information content (AvgIpc) is 2.26. The summed E-state index contributed by atoms with van der Waals surface area (Å²) in [5.41, 5.74) is 5.16. The summed E-state index contributed by atoms with van der Waals surface area (Å²) in [7, 11) is 0. The fourth-order valence-electron chi connectivity index (χ4n) is 1.65. The van der Waals surface area contributed by atoms with Crippen molar-refractivity contribution in [2.24, 2.45) is 5.73 Å². The van der Waals surface area contributed by atoms with Crippen LogP contribution in [0.5, 0.6) is 5.88 Å². The SMILES string of the molecule is N#Cc1ccnc(OC2CC(N)C2)c1[N+](=O)[O-]. The zero-order valence-corrected chi connectivity index (χ0v) is 8.87. The third kappa shape index (κ3) is 2.16. The van der Waals surface area contributed by atoms with Crippen LogP contribution in [0.25, 0.3) is 0 Å². The highest BCUT2D eigenvalue weighted by atomic mass is 16.6. The van der Waals surface area contributed by atoms with Crippen LogP contribution >= 0.6 is 0 Å². The minimum atomic E-state index is -0.653. The third-order valence-corrected chi connectivity index (χ3v) is 2.60. The van der Waals surface area contributed by atoms with Gasteiger partial charge in [0.1, 0.15) is 17.7 Å². The standard InChI is InChI=1S/C10H10N4O3/c11-5-6-1-2-13-10(9(6)14(15)16)17-8-3-7(12)4-8/h1-2,7-8H,3-4,12H2. The van der Waals surface area contributed by atoms with E-state index in [0.717, 1.165) is 0 Å². The molecule has 0 amide bonds. The zero-order chi connectivity index (χ0) is 12.4. The Bertz CT molecular complexity index is 491. The topological polar surface area (TPSA) is 115 Å². The van der Waals surface area contributed by atoms with Crippen LogP contribution in [0.2, 0.25) is 0 Å². The Hall–Kier alpha value is -2.20. The number of nitrogens with two attached hydrogens (primary N) is 1. The second-order valence-corrected chi connectivity index (χ2v) is 3.85. The van der Waals surface area contributed by atoms with Crippen molar-refractivity contribution in [3.63, 3.8) is 0 Å². The number of nitriles is 1. The molecule has 1 aromatic heterocycles. The fourth-order valence-corrected chi connectivity index (χ4v) is 1.65. The molecule has 7 heteroatoms. The molecule has 0 spiro atoms. The normalized spacial score (nSPS) is 22.4. The van der Waals surface area contributed by atoms with Gasteiger partial charge in [0.25, 0.3) is 5.88 Å². The number of rotatable bonds is 3. The van der Waals surface area contributed by atoms with Crippen LogP contribution in [-0.2, 0) is 0 Å². The van der Waals surface area contributed by atoms with Crippen LogP contribution in [-0.4, -0.2) is 22.1 Å². The van der Waals surface area contributed by atoms with Gasteiger partial charge >= 0.3 is 5.69 Å². The monoisotopic (exact) mass is 234 g/mol. The molecule has 0 radical (unpaired) electrons. The van der Waals surface area contributed by atoms with Gasteiger partial charge in [0.2, 0.25) is 0 Å². The Balaban J connectivity index is 2.27. The van der Waals surface area contributed by atoms with Gasteiger partial charge in [-0.1, -0.05) is 0 Å². The molecule has 1 aromatic rings. The van der Waals surface area contributed by atoms with Crippen molar-refractivity contribution < 1.29 is 9.66 Å². The second-order valence-electron chi connectivity index (χ2n) is 3.85. The van der Waals surface area contributed by atoms with E-state index in [9.17, 15) is 10.1 Å². The van der Waals surface area contributed by atoms with Crippen molar-refractivity contribution in [2.75, 3.05) is 0 Å². The molecule has 1 fully saturated rings. The summed E-state index contributed by atoms with van der Waals surface area (Å²) in [4.78, 5) is 14.0. The van der Waals surface area contributed by atoms with Crippen molar-refractivity contribution in [1.29, 1.82) is 5.26 Å². The maximum absolute atomic E-state index is 10.9. The molecule has 17 heavy (non-hydrogen) atoms. The maximum Gasteiger partial charge on any atom is 0.348 e. The molecular formula is C10H10N4O3. The molecule has 7 nitrogen and oxygen atoms in total. The van der Waals surface area contributed by atoms with Crippen molar-refractivity contribution in [2.45, 2.75) is 25.0 Å². The molecule has 0 unspecified atom stereocenters. The Morgan fingerprint density at radius 1 is 1.65 bits per heavy atom. The first-order valence-corrected chi connectivity index (χ1v) is 5.07. The Morgan fingerprint density at radius 3 is 2.88 bits per heavy atom. The third-order valence-electron chi connectivity index (χ3n) is 2.60. The van der Waals surface area contributed by atoms with E-state index in [4.69, 9.17) is 15.7 Å². The molecular weight excluding hydrogens is 224 g/mol. The van der Waals surface area contributed by atoms with E-state index < -0.39 is 4.92 Å². The Kier molecular flexibility index (Phi) is 2.89. The predicted molar refractivity (Wildman–Crippen MR) is 57.2 cm³/mol. The highest BCUT2D eigenvalue weighted by Crippen LogP contribution is 2.31. The predicted octanol–water partition coefficient (Wildman–Crippen LogP) is 0.730. The largest absolute Gasteiger partial charge is 0.469 e. The average molecular weight is 234 g/mol. The Morgan fingerprint density at radius 2 is 2.35 bits per heavy atom. The molecule has 1 aliphatic rings. The van der Waals surface area contributed by atoms with Gasteiger partial charge < -0.3 is 10.5 Å². The highest BCUT2D eigenvalue weighted by molar-refractivity contribution is 5.54. The minimum absolute atomic E-state index is 0.0522. The molecule has 2 N–H and O–H groups in total. The summed E-state index contributed by atoms with van der Waals surface area (Å²) >= 11 is 0. The first kappa shape index (κ1) is 11.3. The van der Waals surface area contributed by atoms with Crippen molar-refractivity contribution in [3.05, 3.63) is 27.9 Å². The summed E-state index contributed by atoms with van der Waals surface area (Å²) < 4.78 is 5.37. The van der Waals surface area contributed by atoms with E-state index in [2.05, 4.69) is 4.98 Å². The van der Waals surface area contributed by atoms with Gasteiger partial charge in [0.15, 0.2) is 0 Å². The minimum Gasteiger partial charge on any atom is -0.469 e. The molecule has 1 aliphatic carbocycles. The second kappa shape index (κ2) is 4.35. The van der Waals surface area contributed by atoms with Crippen LogP contribution in [0.4, 0.5) is 5.69 Å². The summed E-state index contributed by atoms with van der Waals surface area (Å²) in [6, 6.07) is 3.12. The summed E-state index contributed by atoms with van der Waals surface area (Å²) in [6.07, 6.45) is 2.47. The molecule has 88 valence electrons. The molecule has 2 rings (SSSR count). The van der Waals surface area contributed by atoms with Crippen LogP contribution in [0, 0.1) is 21.4 Å².